The summed E-state index contributed by atoms with van der Waals surface area (Å²) < 4.78 is 1.74. The van der Waals surface area contributed by atoms with Crippen LogP contribution in [0, 0.1) is 11.3 Å². The third kappa shape index (κ3) is 3.47. The Morgan fingerprint density at radius 3 is 3.07 bits per heavy atom. The van der Waals surface area contributed by atoms with Crippen molar-refractivity contribution in [1.82, 2.24) is 19.5 Å². The minimum Gasteiger partial charge on any atom is -0.366 e. The number of fused-ring (bicyclic) bond motifs is 1. The van der Waals surface area contributed by atoms with Gasteiger partial charge in [0.15, 0.2) is 0 Å². The normalized spacial score (nSPS) is 16.9. The lowest BCUT2D eigenvalue weighted by molar-refractivity contribution is -0.129. The lowest BCUT2D eigenvalue weighted by Crippen LogP contribution is -2.44. The fourth-order valence-electron chi connectivity index (χ4n) is 3.50. The van der Waals surface area contributed by atoms with Crippen LogP contribution in [0.3, 0.4) is 0 Å². The van der Waals surface area contributed by atoms with Gasteiger partial charge < -0.3 is 10.2 Å². The van der Waals surface area contributed by atoms with Crippen LogP contribution in [0.15, 0.2) is 42.7 Å². The van der Waals surface area contributed by atoms with Crippen LogP contribution in [-0.4, -0.2) is 44.5 Å². The molecule has 4 heterocycles. The van der Waals surface area contributed by atoms with Crippen molar-refractivity contribution >= 4 is 17.2 Å². The number of carbonyl (C=O) groups is 1. The average molecular weight is 360 g/mol. The summed E-state index contributed by atoms with van der Waals surface area (Å²) >= 11 is 0. The van der Waals surface area contributed by atoms with Gasteiger partial charge in [-0.25, -0.2) is 9.50 Å². The highest BCUT2D eigenvalue weighted by Gasteiger charge is 2.21. The molecule has 0 saturated carbocycles. The van der Waals surface area contributed by atoms with Crippen LogP contribution in [0.4, 0.5) is 5.82 Å². The summed E-state index contributed by atoms with van der Waals surface area (Å²) in [6.45, 7) is 3.13. The van der Waals surface area contributed by atoms with Crippen molar-refractivity contribution in [3.8, 4) is 17.3 Å². The van der Waals surface area contributed by atoms with E-state index in [1.807, 2.05) is 29.2 Å². The lowest BCUT2D eigenvalue weighted by atomic mass is 10.1. The monoisotopic (exact) mass is 360 g/mol. The third-order valence-electron chi connectivity index (χ3n) is 4.89. The van der Waals surface area contributed by atoms with Crippen LogP contribution < -0.4 is 5.32 Å². The van der Waals surface area contributed by atoms with Crippen molar-refractivity contribution in [3.63, 3.8) is 0 Å². The van der Waals surface area contributed by atoms with Gasteiger partial charge in [0.25, 0.3) is 0 Å². The summed E-state index contributed by atoms with van der Waals surface area (Å²) in [7, 11) is 0. The standard InChI is InChI=1S/C20H20N6O/c1-14(27)25-8-3-4-16(13-25)23-20-6-2-5-18(24-20)17-12-22-26-9-7-15(11-21)10-19(17)26/h2,5-7,9-10,12,16H,3-4,8,13H2,1H3,(H,23,24). The molecule has 0 bridgehead atoms. The molecule has 7 nitrogen and oxygen atoms in total. The first kappa shape index (κ1) is 17.0. The fourth-order valence-corrected chi connectivity index (χ4v) is 3.50. The van der Waals surface area contributed by atoms with Gasteiger partial charge in [0.2, 0.25) is 5.91 Å². The molecule has 136 valence electrons. The Morgan fingerprint density at radius 2 is 2.26 bits per heavy atom. The van der Waals surface area contributed by atoms with Gasteiger partial charge in [-0.05, 0) is 37.1 Å². The van der Waals surface area contributed by atoms with Crippen molar-refractivity contribution in [2.24, 2.45) is 0 Å². The van der Waals surface area contributed by atoms with Crippen LogP contribution in [0.25, 0.3) is 16.8 Å². The van der Waals surface area contributed by atoms with E-state index in [4.69, 9.17) is 10.2 Å². The summed E-state index contributed by atoms with van der Waals surface area (Å²) in [5, 5.41) is 17.0. The van der Waals surface area contributed by atoms with Crippen molar-refractivity contribution in [2.45, 2.75) is 25.8 Å². The lowest BCUT2D eigenvalue weighted by Gasteiger charge is -2.32. The maximum Gasteiger partial charge on any atom is 0.219 e. The number of nitrogens with zero attached hydrogens (tertiary/aromatic N) is 5. The molecule has 1 aliphatic heterocycles. The molecule has 1 amide bonds. The van der Waals surface area contributed by atoms with Gasteiger partial charge in [0.1, 0.15) is 5.82 Å². The van der Waals surface area contributed by atoms with E-state index < -0.39 is 0 Å². The van der Waals surface area contributed by atoms with Crippen LogP contribution in [0.5, 0.6) is 0 Å². The Hall–Kier alpha value is -3.40. The van der Waals surface area contributed by atoms with Crippen LogP contribution in [-0.2, 0) is 4.79 Å². The van der Waals surface area contributed by atoms with Gasteiger partial charge in [-0.15, -0.1) is 0 Å². The Morgan fingerprint density at radius 1 is 1.37 bits per heavy atom. The molecular formula is C20H20N6O. The summed E-state index contributed by atoms with van der Waals surface area (Å²) in [4.78, 5) is 18.2. The van der Waals surface area contributed by atoms with Crippen molar-refractivity contribution in [2.75, 3.05) is 18.4 Å². The number of hydrogen-bond donors (Lipinski definition) is 1. The number of piperidine rings is 1. The molecule has 1 atom stereocenters. The number of rotatable bonds is 3. The number of amides is 1. The third-order valence-corrected chi connectivity index (χ3v) is 4.89. The molecule has 7 heteroatoms. The molecule has 0 spiro atoms. The molecular weight excluding hydrogens is 340 g/mol. The predicted molar refractivity (Wildman–Crippen MR) is 102 cm³/mol. The summed E-state index contributed by atoms with van der Waals surface area (Å²) in [5.74, 6) is 0.890. The smallest absolute Gasteiger partial charge is 0.219 e. The zero-order chi connectivity index (χ0) is 18.8. The molecule has 1 unspecified atom stereocenters. The Kier molecular flexibility index (Phi) is 4.47. The van der Waals surface area contributed by atoms with E-state index in [1.54, 1.807) is 29.9 Å². The highest BCUT2D eigenvalue weighted by atomic mass is 16.2. The Balaban J connectivity index is 1.60. The van der Waals surface area contributed by atoms with Crippen LogP contribution in [0.1, 0.15) is 25.3 Å². The van der Waals surface area contributed by atoms with Gasteiger partial charge in [0.05, 0.1) is 29.0 Å². The maximum atomic E-state index is 11.6. The number of likely N-dealkylation sites (tertiary alicyclic amines) is 1. The SMILES string of the molecule is CC(=O)N1CCCC(Nc2cccc(-c3cnn4ccc(C#N)cc34)n2)C1. The molecule has 0 aromatic carbocycles. The first-order valence-corrected chi connectivity index (χ1v) is 9.01. The molecule has 1 aliphatic rings. The van der Waals surface area contributed by atoms with Crippen LogP contribution in [0.2, 0.25) is 0 Å². The predicted octanol–water partition coefficient (Wildman–Crippen LogP) is 2.69. The van der Waals surface area contributed by atoms with E-state index in [0.717, 1.165) is 42.0 Å². The Bertz CT molecular complexity index is 1030. The molecule has 0 aliphatic carbocycles. The molecule has 3 aromatic heterocycles. The quantitative estimate of drug-likeness (QED) is 0.776. The Labute approximate surface area is 157 Å². The fraction of sp³-hybridized carbons (Fsp3) is 0.300. The van der Waals surface area contributed by atoms with E-state index in [1.165, 1.54) is 0 Å². The molecule has 1 N–H and O–H groups in total. The highest BCUT2D eigenvalue weighted by Crippen LogP contribution is 2.25. The maximum absolute atomic E-state index is 11.6. The second-order valence-corrected chi connectivity index (χ2v) is 6.77. The molecule has 27 heavy (non-hydrogen) atoms. The van der Waals surface area contributed by atoms with Gasteiger partial charge in [0, 0.05) is 37.8 Å². The van der Waals surface area contributed by atoms with Gasteiger partial charge in [-0.1, -0.05) is 6.07 Å². The van der Waals surface area contributed by atoms with E-state index in [-0.39, 0.29) is 11.9 Å². The van der Waals surface area contributed by atoms with Gasteiger partial charge in [-0.3, -0.25) is 4.79 Å². The number of aromatic nitrogens is 3. The summed E-state index contributed by atoms with van der Waals surface area (Å²) in [6.07, 6.45) is 5.54. The molecule has 3 aromatic rings. The second-order valence-electron chi connectivity index (χ2n) is 6.77. The van der Waals surface area contributed by atoms with Crippen LogP contribution >= 0.6 is 0 Å². The molecule has 1 saturated heterocycles. The largest absolute Gasteiger partial charge is 0.366 e. The second kappa shape index (κ2) is 7.08. The number of nitriles is 1. The molecule has 1 fully saturated rings. The first-order chi connectivity index (χ1) is 13.1. The number of carbonyl (C=O) groups excluding carboxylic acids is 1. The van der Waals surface area contributed by atoms with Crippen molar-refractivity contribution in [1.29, 1.82) is 5.26 Å². The summed E-state index contributed by atoms with van der Waals surface area (Å²) in [5.41, 5.74) is 3.11. The average Bonchev–Trinajstić information content (AvgIpc) is 3.11. The number of nitrogens with one attached hydrogen (secondary N) is 1. The van der Waals surface area contributed by atoms with Gasteiger partial charge in [-0.2, -0.15) is 10.4 Å². The van der Waals surface area contributed by atoms with Crippen molar-refractivity contribution in [3.05, 3.63) is 48.3 Å². The van der Waals surface area contributed by atoms with E-state index in [9.17, 15) is 4.79 Å². The van der Waals surface area contributed by atoms with Crippen molar-refractivity contribution < 1.29 is 4.79 Å². The van der Waals surface area contributed by atoms with E-state index >= 15 is 0 Å². The number of pyridine rings is 2. The number of hydrogen-bond acceptors (Lipinski definition) is 5. The zero-order valence-electron chi connectivity index (χ0n) is 15.1. The first-order valence-electron chi connectivity index (χ1n) is 9.01. The topological polar surface area (TPSA) is 86.3 Å². The highest BCUT2D eigenvalue weighted by molar-refractivity contribution is 5.79. The van der Waals surface area contributed by atoms with E-state index in [0.29, 0.717) is 12.1 Å². The zero-order valence-corrected chi connectivity index (χ0v) is 15.1. The summed E-state index contributed by atoms with van der Waals surface area (Å²) in [6, 6.07) is 11.7. The molecule has 4 rings (SSSR count). The molecule has 0 radical (unpaired) electrons. The minimum atomic E-state index is 0.114. The van der Waals surface area contributed by atoms with Gasteiger partial charge >= 0.3 is 0 Å². The minimum absolute atomic E-state index is 0.114. The number of anilines is 1. The van der Waals surface area contributed by atoms with E-state index in [2.05, 4.69) is 16.5 Å².